The summed E-state index contributed by atoms with van der Waals surface area (Å²) in [7, 11) is 0. The molecule has 9 heteroatoms. The minimum Gasteiger partial charge on any atom is -0.358 e. The van der Waals surface area contributed by atoms with Gasteiger partial charge in [0.25, 0.3) is 0 Å². The number of nitrogens with zero attached hydrogens (tertiary/aromatic N) is 4. The number of imidazole rings is 2. The first-order chi connectivity index (χ1) is 10.1. The highest BCUT2D eigenvalue weighted by Gasteiger charge is 2.15. The number of amides is 1. The van der Waals surface area contributed by atoms with Crippen molar-refractivity contribution in [1.82, 2.24) is 24.8 Å². The van der Waals surface area contributed by atoms with E-state index in [1.54, 1.807) is 12.4 Å². The van der Waals surface area contributed by atoms with Crippen molar-refractivity contribution < 1.29 is 9.72 Å². The quantitative estimate of drug-likeness (QED) is 0.586. The van der Waals surface area contributed by atoms with Gasteiger partial charge in [-0.3, -0.25) is 4.79 Å². The maximum Gasteiger partial charge on any atom is 0.381 e. The zero-order valence-electron chi connectivity index (χ0n) is 11.5. The van der Waals surface area contributed by atoms with E-state index in [0.717, 1.165) is 6.42 Å². The molecule has 1 atom stereocenters. The third-order valence-corrected chi connectivity index (χ3v) is 3.00. The van der Waals surface area contributed by atoms with Gasteiger partial charge in [0.1, 0.15) is 12.0 Å². The molecule has 0 saturated heterocycles. The zero-order valence-corrected chi connectivity index (χ0v) is 11.5. The van der Waals surface area contributed by atoms with E-state index in [9.17, 15) is 14.9 Å². The van der Waals surface area contributed by atoms with Crippen molar-refractivity contribution in [2.24, 2.45) is 0 Å². The predicted molar refractivity (Wildman–Crippen MR) is 73.3 cm³/mol. The number of hydrogen-bond donors (Lipinski definition) is 2. The van der Waals surface area contributed by atoms with Crippen molar-refractivity contribution in [3.63, 3.8) is 0 Å². The average Bonchev–Trinajstić information content (AvgIpc) is 3.13. The number of rotatable bonds is 7. The summed E-state index contributed by atoms with van der Waals surface area (Å²) in [4.78, 5) is 32.6. The smallest absolute Gasteiger partial charge is 0.358 e. The Labute approximate surface area is 120 Å². The van der Waals surface area contributed by atoms with Crippen LogP contribution in [0.2, 0.25) is 0 Å². The summed E-state index contributed by atoms with van der Waals surface area (Å²) in [5.74, 6) is 0.344. The van der Waals surface area contributed by atoms with Crippen molar-refractivity contribution >= 4 is 11.7 Å². The molecule has 0 aliphatic heterocycles. The normalized spacial score (nSPS) is 12.0. The number of aromatic nitrogens is 4. The van der Waals surface area contributed by atoms with E-state index in [0.29, 0.717) is 12.4 Å². The van der Waals surface area contributed by atoms with Crippen LogP contribution in [0.25, 0.3) is 0 Å². The third kappa shape index (κ3) is 3.88. The molecule has 0 aliphatic rings. The Hall–Kier alpha value is -2.71. The van der Waals surface area contributed by atoms with E-state index in [2.05, 4.69) is 20.3 Å². The first-order valence-electron chi connectivity index (χ1n) is 6.55. The van der Waals surface area contributed by atoms with Gasteiger partial charge in [-0.05, 0) is 16.3 Å². The predicted octanol–water partition coefficient (Wildman–Crippen LogP) is 1.17. The standard InChI is InChI=1S/C12H16N6O3/c1-2-9(12-13-4-5-14-12)16-11(19)3-6-17-7-10(15-8-17)18(20)21/h4-5,7-9H,2-3,6H2,1H3,(H,13,14)(H,16,19). The number of aromatic amines is 1. The van der Waals surface area contributed by atoms with Gasteiger partial charge in [-0.1, -0.05) is 6.92 Å². The molecule has 1 unspecified atom stereocenters. The van der Waals surface area contributed by atoms with Gasteiger partial charge in [-0.25, -0.2) is 4.98 Å². The van der Waals surface area contributed by atoms with Crippen molar-refractivity contribution in [3.05, 3.63) is 40.9 Å². The van der Waals surface area contributed by atoms with Crippen LogP contribution >= 0.6 is 0 Å². The molecule has 112 valence electrons. The molecule has 0 bridgehead atoms. The summed E-state index contributed by atoms with van der Waals surface area (Å²) in [5.41, 5.74) is 0. The van der Waals surface area contributed by atoms with E-state index in [1.165, 1.54) is 17.1 Å². The minimum absolute atomic E-state index is 0.144. The van der Waals surface area contributed by atoms with Crippen molar-refractivity contribution in [2.45, 2.75) is 32.4 Å². The van der Waals surface area contributed by atoms with E-state index >= 15 is 0 Å². The average molecular weight is 292 g/mol. The lowest BCUT2D eigenvalue weighted by Gasteiger charge is -2.14. The van der Waals surface area contributed by atoms with Gasteiger partial charge >= 0.3 is 5.82 Å². The fourth-order valence-electron chi connectivity index (χ4n) is 1.89. The summed E-state index contributed by atoms with van der Waals surface area (Å²) >= 11 is 0. The van der Waals surface area contributed by atoms with Gasteiger partial charge in [0.15, 0.2) is 0 Å². The molecule has 2 aromatic heterocycles. The highest BCUT2D eigenvalue weighted by atomic mass is 16.6. The maximum atomic E-state index is 11.9. The van der Waals surface area contributed by atoms with Crippen LogP contribution < -0.4 is 5.32 Å². The Morgan fingerprint density at radius 1 is 1.57 bits per heavy atom. The van der Waals surface area contributed by atoms with Crippen LogP contribution in [-0.2, 0) is 11.3 Å². The Balaban J connectivity index is 1.85. The fraction of sp³-hybridized carbons (Fsp3) is 0.417. The highest BCUT2D eigenvalue weighted by Crippen LogP contribution is 2.12. The summed E-state index contributed by atoms with van der Waals surface area (Å²) in [6, 6.07) is -0.162. The molecule has 1 amide bonds. The number of nitro groups is 1. The second kappa shape index (κ2) is 6.64. The molecule has 0 radical (unpaired) electrons. The summed E-state index contributed by atoms with van der Waals surface area (Å²) in [6.45, 7) is 2.29. The fourth-order valence-corrected chi connectivity index (χ4v) is 1.89. The number of hydrogen-bond acceptors (Lipinski definition) is 5. The second-order valence-corrected chi connectivity index (χ2v) is 4.48. The van der Waals surface area contributed by atoms with Gasteiger partial charge in [-0.15, -0.1) is 0 Å². The van der Waals surface area contributed by atoms with Gasteiger partial charge < -0.3 is 25.0 Å². The topological polar surface area (TPSA) is 119 Å². The Bertz CT molecular complexity index is 606. The lowest BCUT2D eigenvalue weighted by molar-refractivity contribution is -0.389. The number of H-pyrrole nitrogens is 1. The van der Waals surface area contributed by atoms with Crippen LogP contribution in [0.5, 0.6) is 0 Å². The number of carbonyl (C=O) groups is 1. The van der Waals surface area contributed by atoms with Crippen LogP contribution in [0.15, 0.2) is 24.9 Å². The number of carbonyl (C=O) groups excluding carboxylic acids is 1. The Morgan fingerprint density at radius 3 is 2.95 bits per heavy atom. The van der Waals surface area contributed by atoms with Crippen LogP contribution in [0, 0.1) is 10.1 Å². The number of nitrogens with one attached hydrogen (secondary N) is 2. The largest absolute Gasteiger partial charge is 0.381 e. The summed E-state index contributed by atoms with van der Waals surface area (Å²) < 4.78 is 1.52. The second-order valence-electron chi connectivity index (χ2n) is 4.48. The highest BCUT2D eigenvalue weighted by molar-refractivity contribution is 5.76. The molecule has 2 N–H and O–H groups in total. The lowest BCUT2D eigenvalue weighted by atomic mass is 10.2. The third-order valence-electron chi connectivity index (χ3n) is 3.00. The van der Waals surface area contributed by atoms with Gasteiger partial charge in [-0.2, -0.15) is 0 Å². The minimum atomic E-state index is -0.569. The van der Waals surface area contributed by atoms with E-state index in [4.69, 9.17) is 0 Å². The molecule has 0 aliphatic carbocycles. The Kier molecular flexibility index (Phi) is 4.64. The van der Waals surface area contributed by atoms with E-state index < -0.39 is 4.92 Å². The van der Waals surface area contributed by atoms with Crippen molar-refractivity contribution in [3.8, 4) is 0 Å². The molecule has 9 nitrogen and oxygen atoms in total. The Morgan fingerprint density at radius 2 is 2.38 bits per heavy atom. The van der Waals surface area contributed by atoms with Crippen LogP contribution in [0.3, 0.4) is 0 Å². The monoisotopic (exact) mass is 292 g/mol. The van der Waals surface area contributed by atoms with Gasteiger partial charge in [0.05, 0.1) is 6.04 Å². The first kappa shape index (κ1) is 14.7. The van der Waals surface area contributed by atoms with E-state index in [-0.39, 0.29) is 24.2 Å². The molecule has 0 saturated carbocycles. The molecule has 0 spiro atoms. The van der Waals surface area contributed by atoms with Crippen LogP contribution in [-0.4, -0.2) is 30.3 Å². The molecule has 21 heavy (non-hydrogen) atoms. The molecule has 2 heterocycles. The molecular weight excluding hydrogens is 276 g/mol. The molecule has 2 rings (SSSR count). The van der Waals surface area contributed by atoms with Crippen LogP contribution in [0.1, 0.15) is 31.6 Å². The summed E-state index contributed by atoms with van der Waals surface area (Å²) in [6.07, 6.45) is 6.91. The maximum absolute atomic E-state index is 11.9. The van der Waals surface area contributed by atoms with Crippen molar-refractivity contribution in [2.75, 3.05) is 0 Å². The van der Waals surface area contributed by atoms with Gasteiger partial charge in [0.2, 0.25) is 12.2 Å². The van der Waals surface area contributed by atoms with Crippen molar-refractivity contribution in [1.29, 1.82) is 0 Å². The molecule has 0 aromatic carbocycles. The molecular formula is C12H16N6O3. The summed E-state index contributed by atoms with van der Waals surface area (Å²) in [5, 5.41) is 13.4. The first-order valence-corrected chi connectivity index (χ1v) is 6.55. The van der Waals surface area contributed by atoms with Crippen LogP contribution in [0.4, 0.5) is 5.82 Å². The lowest BCUT2D eigenvalue weighted by Crippen LogP contribution is -2.29. The number of aryl methyl sites for hydroxylation is 1. The SMILES string of the molecule is CCC(NC(=O)CCn1cnc([N+](=O)[O-])c1)c1ncc[nH]1. The molecule has 0 fully saturated rings. The van der Waals surface area contributed by atoms with Gasteiger partial charge in [0, 0.05) is 25.4 Å². The van der Waals surface area contributed by atoms with E-state index in [1.807, 2.05) is 6.92 Å². The zero-order chi connectivity index (χ0) is 15.2. The molecule has 2 aromatic rings.